The Morgan fingerprint density at radius 3 is 2.46 bits per heavy atom. The molecule has 0 aliphatic carbocycles. The molecule has 0 atom stereocenters. The fourth-order valence-corrected chi connectivity index (χ4v) is 2.32. The predicted octanol–water partition coefficient (Wildman–Crippen LogP) is 3.57. The molecular formula is C18H18F2N2O2. The minimum atomic E-state index is -0.871. The Hall–Kier alpha value is -2.76. The Morgan fingerprint density at radius 2 is 1.83 bits per heavy atom. The molecule has 2 aromatic carbocycles. The molecule has 0 saturated carbocycles. The first-order valence-corrected chi connectivity index (χ1v) is 7.39. The minimum absolute atomic E-state index is 0.133. The van der Waals surface area contributed by atoms with Crippen molar-refractivity contribution in [1.29, 1.82) is 0 Å². The number of hydrogen-bond acceptors (Lipinski definition) is 2. The van der Waals surface area contributed by atoms with E-state index in [4.69, 9.17) is 0 Å². The average molecular weight is 332 g/mol. The van der Waals surface area contributed by atoms with Crippen LogP contribution < -0.4 is 10.2 Å². The first-order valence-electron chi connectivity index (χ1n) is 7.39. The largest absolute Gasteiger partial charge is 0.322 e. The van der Waals surface area contributed by atoms with Crippen LogP contribution in [0.15, 0.2) is 36.4 Å². The van der Waals surface area contributed by atoms with Gasteiger partial charge in [-0.2, -0.15) is 0 Å². The van der Waals surface area contributed by atoms with Crippen molar-refractivity contribution in [1.82, 2.24) is 0 Å². The molecule has 1 N–H and O–H groups in total. The second-order valence-electron chi connectivity index (χ2n) is 5.50. The van der Waals surface area contributed by atoms with Crippen LogP contribution in [0.3, 0.4) is 0 Å². The third-order valence-corrected chi connectivity index (χ3v) is 3.75. The zero-order chi connectivity index (χ0) is 17.9. The van der Waals surface area contributed by atoms with Gasteiger partial charge in [0.05, 0.1) is 5.69 Å². The van der Waals surface area contributed by atoms with E-state index in [1.54, 1.807) is 12.1 Å². The van der Waals surface area contributed by atoms with Crippen LogP contribution in [0.4, 0.5) is 20.2 Å². The van der Waals surface area contributed by atoms with Crippen molar-refractivity contribution in [3.63, 3.8) is 0 Å². The number of nitrogens with one attached hydrogen (secondary N) is 1. The molecule has 126 valence electrons. The first-order chi connectivity index (χ1) is 11.3. The minimum Gasteiger partial charge on any atom is -0.322 e. The molecule has 2 amide bonds. The molecule has 2 aromatic rings. The van der Waals surface area contributed by atoms with E-state index < -0.39 is 17.5 Å². The lowest BCUT2D eigenvalue weighted by atomic mass is 10.1. The van der Waals surface area contributed by atoms with Gasteiger partial charge in [-0.05, 0) is 43.2 Å². The third-order valence-electron chi connectivity index (χ3n) is 3.75. The van der Waals surface area contributed by atoms with Crippen LogP contribution in [0.1, 0.15) is 18.1 Å². The van der Waals surface area contributed by atoms with Crippen molar-refractivity contribution in [3.8, 4) is 0 Å². The van der Waals surface area contributed by atoms with Gasteiger partial charge in [-0.25, -0.2) is 8.78 Å². The van der Waals surface area contributed by atoms with Crippen LogP contribution in [0.25, 0.3) is 0 Å². The number of benzene rings is 2. The molecule has 0 heterocycles. The molecule has 6 heteroatoms. The average Bonchev–Trinajstić information content (AvgIpc) is 2.50. The summed E-state index contributed by atoms with van der Waals surface area (Å²) in [6, 6.07) is 8.32. The van der Waals surface area contributed by atoms with Crippen LogP contribution in [-0.2, 0) is 9.59 Å². The van der Waals surface area contributed by atoms with E-state index in [0.29, 0.717) is 11.8 Å². The Kier molecular flexibility index (Phi) is 5.28. The zero-order valence-electron chi connectivity index (χ0n) is 13.7. The highest BCUT2D eigenvalue weighted by Gasteiger charge is 2.19. The highest BCUT2D eigenvalue weighted by Crippen LogP contribution is 2.23. The van der Waals surface area contributed by atoms with Gasteiger partial charge in [0, 0.05) is 18.7 Å². The molecular weight excluding hydrogens is 314 g/mol. The highest BCUT2D eigenvalue weighted by molar-refractivity contribution is 6.02. The molecule has 0 spiro atoms. The monoisotopic (exact) mass is 332 g/mol. The lowest BCUT2D eigenvalue weighted by molar-refractivity contribution is -0.120. The summed E-state index contributed by atoms with van der Waals surface area (Å²) < 4.78 is 26.5. The van der Waals surface area contributed by atoms with E-state index in [2.05, 4.69) is 5.32 Å². The fraction of sp³-hybridized carbons (Fsp3) is 0.222. The van der Waals surface area contributed by atoms with E-state index in [-0.39, 0.29) is 18.1 Å². The number of aryl methyl sites for hydroxylation is 1. The SMILES string of the molecule is CC(=O)N(CC(=O)Nc1ccc(F)cc1F)c1cccc(C)c1C. The molecule has 24 heavy (non-hydrogen) atoms. The number of rotatable bonds is 4. The molecule has 0 radical (unpaired) electrons. The van der Waals surface area contributed by atoms with Crippen molar-refractivity contribution in [2.45, 2.75) is 20.8 Å². The number of anilines is 2. The molecule has 0 bridgehead atoms. The predicted molar refractivity (Wildman–Crippen MR) is 88.9 cm³/mol. The maximum Gasteiger partial charge on any atom is 0.244 e. The van der Waals surface area contributed by atoms with Gasteiger partial charge < -0.3 is 10.2 Å². The van der Waals surface area contributed by atoms with Gasteiger partial charge in [0.15, 0.2) is 0 Å². The molecule has 0 aliphatic rings. The zero-order valence-corrected chi connectivity index (χ0v) is 13.7. The Bertz CT molecular complexity index is 791. The van der Waals surface area contributed by atoms with Gasteiger partial charge in [-0.15, -0.1) is 0 Å². The van der Waals surface area contributed by atoms with E-state index >= 15 is 0 Å². The summed E-state index contributed by atoms with van der Waals surface area (Å²) in [7, 11) is 0. The van der Waals surface area contributed by atoms with Gasteiger partial charge >= 0.3 is 0 Å². The summed E-state index contributed by atoms with van der Waals surface area (Å²) in [6.07, 6.45) is 0. The van der Waals surface area contributed by atoms with Crippen LogP contribution in [0.2, 0.25) is 0 Å². The summed E-state index contributed by atoms with van der Waals surface area (Å²) in [4.78, 5) is 25.4. The number of carbonyl (C=O) groups is 2. The smallest absolute Gasteiger partial charge is 0.244 e. The van der Waals surface area contributed by atoms with Gasteiger partial charge in [0.25, 0.3) is 0 Å². The van der Waals surface area contributed by atoms with Gasteiger partial charge in [-0.3, -0.25) is 9.59 Å². The summed E-state index contributed by atoms with van der Waals surface area (Å²) >= 11 is 0. The maximum atomic E-state index is 13.6. The summed E-state index contributed by atoms with van der Waals surface area (Å²) in [6.45, 7) is 4.85. The molecule has 2 rings (SSSR count). The molecule has 0 unspecified atom stereocenters. The van der Waals surface area contributed by atoms with Crippen molar-refractivity contribution in [2.24, 2.45) is 0 Å². The molecule has 0 saturated heterocycles. The number of carbonyl (C=O) groups excluding carboxylic acids is 2. The highest BCUT2D eigenvalue weighted by atomic mass is 19.1. The quantitative estimate of drug-likeness (QED) is 0.930. The number of hydrogen-bond donors (Lipinski definition) is 1. The van der Waals surface area contributed by atoms with E-state index in [1.165, 1.54) is 11.8 Å². The molecule has 0 fully saturated rings. The van der Waals surface area contributed by atoms with Gasteiger partial charge in [0.1, 0.15) is 18.2 Å². The summed E-state index contributed by atoms with van der Waals surface area (Å²) in [5, 5.41) is 2.35. The Morgan fingerprint density at radius 1 is 1.12 bits per heavy atom. The third kappa shape index (κ3) is 3.95. The lowest BCUT2D eigenvalue weighted by Gasteiger charge is -2.23. The second-order valence-corrected chi connectivity index (χ2v) is 5.50. The van der Waals surface area contributed by atoms with Gasteiger partial charge in [0.2, 0.25) is 11.8 Å². The van der Waals surface area contributed by atoms with Crippen LogP contribution in [0.5, 0.6) is 0 Å². The van der Waals surface area contributed by atoms with Crippen molar-refractivity contribution in [2.75, 3.05) is 16.8 Å². The van der Waals surface area contributed by atoms with Crippen molar-refractivity contribution in [3.05, 3.63) is 59.2 Å². The van der Waals surface area contributed by atoms with Gasteiger partial charge in [-0.1, -0.05) is 12.1 Å². The van der Waals surface area contributed by atoms with E-state index in [0.717, 1.165) is 23.3 Å². The molecule has 4 nitrogen and oxygen atoms in total. The summed E-state index contributed by atoms with van der Waals surface area (Å²) in [5.74, 6) is -2.48. The number of nitrogens with zero attached hydrogens (tertiary/aromatic N) is 1. The number of halogens is 2. The normalized spacial score (nSPS) is 10.4. The van der Waals surface area contributed by atoms with Crippen LogP contribution in [0, 0.1) is 25.5 Å². The van der Waals surface area contributed by atoms with Crippen LogP contribution >= 0.6 is 0 Å². The Balaban J connectivity index is 2.20. The van der Waals surface area contributed by atoms with E-state index in [1.807, 2.05) is 19.9 Å². The van der Waals surface area contributed by atoms with E-state index in [9.17, 15) is 18.4 Å². The lowest BCUT2D eigenvalue weighted by Crippen LogP contribution is -2.37. The van der Waals surface area contributed by atoms with Crippen LogP contribution in [-0.4, -0.2) is 18.4 Å². The first kappa shape index (κ1) is 17.6. The topological polar surface area (TPSA) is 49.4 Å². The maximum absolute atomic E-state index is 13.6. The number of amides is 2. The second kappa shape index (κ2) is 7.21. The standard InChI is InChI=1S/C18H18F2N2O2/c1-11-5-4-6-17(12(11)2)22(13(3)23)10-18(24)21-16-8-7-14(19)9-15(16)20/h4-9H,10H2,1-3H3,(H,21,24). The fourth-order valence-electron chi connectivity index (χ4n) is 2.32. The van der Waals surface area contributed by atoms with Crippen molar-refractivity contribution >= 4 is 23.2 Å². The molecule has 0 aromatic heterocycles. The molecule has 0 aliphatic heterocycles. The summed E-state index contributed by atoms with van der Waals surface area (Å²) in [5.41, 5.74) is 2.36. The Labute approximate surface area is 139 Å². The van der Waals surface area contributed by atoms with Crippen molar-refractivity contribution < 1.29 is 18.4 Å².